The molecule has 3 aromatic rings. The minimum atomic E-state index is -1.18. The van der Waals surface area contributed by atoms with E-state index in [2.05, 4.69) is 5.32 Å². The van der Waals surface area contributed by atoms with Crippen LogP contribution in [0.2, 0.25) is 0 Å². The number of carbonyl (C=O) groups excluding carboxylic acids is 2. The minimum absolute atomic E-state index is 0.192. The Morgan fingerprint density at radius 3 is 2.47 bits per heavy atom. The van der Waals surface area contributed by atoms with Gasteiger partial charge in [-0.25, -0.2) is 4.79 Å². The lowest BCUT2D eigenvalue weighted by Gasteiger charge is -2.19. The van der Waals surface area contributed by atoms with Crippen molar-refractivity contribution < 1.29 is 19.1 Å². The molecule has 0 heterocycles. The third-order valence-electron chi connectivity index (χ3n) is 4.24. The number of amides is 1. The lowest BCUT2D eigenvalue weighted by Crippen LogP contribution is -2.26. The SMILES string of the molecule is CCOc1ccccc1NC(=O)[C@@H](OC(=O)c1cccc(C#N)c1)c1ccccc1. The van der Waals surface area contributed by atoms with Crippen molar-refractivity contribution in [3.05, 3.63) is 95.6 Å². The van der Waals surface area contributed by atoms with Crippen LogP contribution in [0.25, 0.3) is 0 Å². The van der Waals surface area contributed by atoms with Crippen molar-refractivity contribution in [3.63, 3.8) is 0 Å². The molecule has 0 aliphatic rings. The molecule has 150 valence electrons. The van der Waals surface area contributed by atoms with Crippen LogP contribution in [-0.2, 0) is 9.53 Å². The number of benzene rings is 3. The zero-order valence-electron chi connectivity index (χ0n) is 16.4. The van der Waals surface area contributed by atoms with Crippen molar-refractivity contribution in [1.82, 2.24) is 0 Å². The Kier molecular flexibility index (Phi) is 6.80. The summed E-state index contributed by atoms with van der Waals surface area (Å²) in [5.41, 5.74) is 1.52. The Bertz CT molecular complexity index is 1070. The summed E-state index contributed by atoms with van der Waals surface area (Å²) in [5, 5.41) is 11.8. The zero-order valence-corrected chi connectivity index (χ0v) is 16.4. The molecule has 0 saturated heterocycles. The molecule has 6 heteroatoms. The van der Waals surface area contributed by atoms with Crippen LogP contribution in [-0.4, -0.2) is 18.5 Å². The standard InChI is InChI=1S/C24H20N2O4/c1-2-29-21-14-7-6-13-20(21)26-23(27)22(18-10-4-3-5-11-18)30-24(28)19-12-8-9-17(15-19)16-25/h3-15,22H,2H2,1H3,(H,26,27)/t22-/m0/s1. The van der Waals surface area contributed by atoms with Crippen LogP contribution < -0.4 is 10.1 Å². The maximum absolute atomic E-state index is 13.1. The number of hydrogen-bond acceptors (Lipinski definition) is 5. The van der Waals surface area contributed by atoms with E-state index in [-0.39, 0.29) is 5.56 Å². The molecule has 0 radical (unpaired) electrons. The van der Waals surface area contributed by atoms with E-state index in [9.17, 15) is 9.59 Å². The number of hydrogen-bond donors (Lipinski definition) is 1. The Morgan fingerprint density at radius 1 is 1.00 bits per heavy atom. The van der Waals surface area contributed by atoms with E-state index in [1.807, 2.05) is 13.0 Å². The van der Waals surface area contributed by atoms with Gasteiger partial charge in [0.15, 0.2) is 0 Å². The molecule has 3 rings (SSSR count). The fraction of sp³-hybridized carbons (Fsp3) is 0.125. The summed E-state index contributed by atoms with van der Waals surface area (Å²) in [6, 6.07) is 23.9. The van der Waals surface area contributed by atoms with Gasteiger partial charge in [0, 0.05) is 5.56 Å². The van der Waals surface area contributed by atoms with E-state index in [4.69, 9.17) is 14.7 Å². The van der Waals surface area contributed by atoms with Crippen LogP contribution in [0.15, 0.2) is 78.9 Å². The van der Waals surface area contributed by atoms with E-state index >= 15 is 0 Å². The highest BCUT2D eigenvalue weighted by Gasteiger charge is 2.26. The maximum atomic E-state index is 13.1. The van der Waals surface area contributed by atoms with Crippen molar-refractivity contribution >= 4 is 17.6 Å². The average Bonchev–Trinajstić information content (AvgIpc) is 2.79. The fourth-order valence-corrected chi connectivity index (χ4v) is 2.84. The molecule has 1 amide bonds. The van der Waals surface area contributed by atoms with Crippen molar-refractivity contribution in [2.24, 2.45) is 0 Å². The molecular formula is C24H20N2O4. The third kappa shape index (κ3) is 5.03. The second-order valence-corrected chi connectivity index (χ2v) is 6.31. The van der Waals surface area contributed by atoms with Gasteiger partial charge in [-0.05, 0) is 37.3 Å². The van der Waals surface area contributed by atoms with Crippen LogP contribution >= 0.6 is 0 Å². The molecule has 30 heavy (non-hydrogen) atoms. The molecule has 0 unspecified atom stereocenters. The molecule has 1 N–H and O–H groups in total. The monoisotopic (exact) mass is 400 g/mol. The summed E-state index contributed by atoms with van der Waals surface area (Å²) in [6.45, 7) is 2.29. The molecule has 0 fully saturated rings. The van der Waals surface area contributed by atoms with Crippen molar-refractivity contribution in [2.75, 3.05) is 11.9 Å². The van der Waals surface area contributed by atoms with E-state index < -0.39 is 18.0 Å². The summed E-state index contributed by atoms with van der Waals surface area (Å²) in [4.78, 5) is 25.7. The Morgan fingerprint density at radius 2 is 1.73 bits per heavy atom. The molecule has 0 spiro atoms. The molecule has 0 bridgehead atoms. The van der Waals surface area contributed by atoms with Crippen molar-refractivity contribution in [1.29, 1.82) is 5.26 Å². The summed E-state index contributed by atoms with van der Waals surface area (Å²) < 4.78 is 11.1. The number of nitrogens with zero attached hydrogens (tertiary/aromatic N) is 1. The lowest BCUT2D eigenvalue weighted by molar-refractivity contribution is -0.125. The smallest absolute Gasteiger partial charge is 0.339 e. The minimum Gasteiger partial charge on any atom is -0.492 e. The Labute approximate surface area is 174 Å². The number of carbonyl (C=O) groups is 2. The number of esters is 1. The van der Waals surface area contributed by atoms with Gasteiger partial charge < -0.3 is 14.8 Å². The largest absolute Gasteiger partial charge is 0.492 e. The first-order valence-electron chi connectivity index (χ1n) is 9.41. The van der Waals surface area contributed by atoms with Gasteiger partial charge in [-0.15, -0.1) is 0 Å². The predicted molar refractivity (Wildman–Crippen MR) is 112 cm³/mol. The van der Waals surface area contributed by atoms with Crippen LogP contribution in [0.3, 0.4) is 0 Å². The second-order valence-electron chi connectivity index (χ2n) is 6.31. The first kappa shape index (κ1) is 20.6. The van der Waals surface area contributed by atoms with Crippen LogP contribution in [0.1, 0.15) is 34.5 Å². The Hall–Kier alpha value is -4.11. The topological polar surface area (TPSA) is 88.4 Å². The third-order valence-corrected chi connectivity index (χ3v) is 4.24. The van der Waals surface area contributed by atoms with Crippen molar-refractivity contribution in [2.45, 2.75) is 13.0 Å². The number of nitrogens with one attached hydrogen (secondary N) is 1. The zero-order chi connectivity index (χ0) is 21.3. The van der Waals surface area contributed by atoms with E-state index in [0.717, 1.165) is 0 Å². The Balaban J connectivity index is 1.87. The molecular weight excluding hydrogens is 380 g/mol. The van der Waals surface area contributed by atoms with Gasteiger partial charge in [0.1, 0.15) is 5.75 Å². The first-order valence-corrected chi connectivity index (χ1v) is 9.41. The molecule has 6 nitrogen and oxygen atoms in total. The van der Waals surface area contributed by atoms with Crippen LogP contribution in [0, 0.1) is 11.3 Å². The first-order chi connectivity index (χ1) is 14.6. The van der Waals surface area contributed by atoms with Gasteiger partial charge in [0.2, 0.25) is 6.10 Å². The lowest BCUT2D eigenvalue weighted by atomic mass is 10.1. The van der Waals surface area contributed by atoms with E-state index in [1.54, 1.807) is 66.7 Å². The highest BCUT2D eigenvalue weighted by molar-refractivity contribution is 5.99. The quantitative estimate of drug-likeness (QED) is 0.590. The van der Waals surface area contributed by atoms with Crippen LogP contribution in [0.5, 0.6) is 5.75 Å². The number of para-hydroxylation sites is 2. The van der Waals surface area contributed by atoms with Crippen LogP contribution in [0.4, 0.5) is 5.69 Å². The van der Waals surface area contributed by atoms with E-state index in [0.29, 0.717) is 29.2 Å². The summed E-state index contributed by atoms with van der Waals surface area (Å²) in [6.07, 6.45) is -1.18. The van der Waals surface area contributed by atoms with Gasteiger partial charge in [-0.2, -0.15) is 5.26 Å². The van der Waals surface area contributed by atoms with Gasteiger partial charge in [0.05, 0.1) is 29.5 Å². The highest BCUT2D eigenvalue weighted by atomic mass is 16.5. The van der Waals surface area contributed by atoms with Gasteiger partial charge >= 0.3 is 5.97 Å². The molecule has 1 atom stereocenters. The fourth-order valence-electron chi connectivity index (χ4n) is 2.84. The van der Waals surface area contributed by atoms with E-state index in [1.165, 1.54) is 12.1 Å². The molecule has 0 aliphatic heterocycles. The molecule has 0 aliphatic carbocycles. The molecule has 0 saturated carbocycles. The van der Waals surface area contributed by atoms with Gasteiger partial charge in [0.25, 0.3) is 5.91 Å². The molecule has 3 aromatic carbocycles. The predicted octanol–water partition coefficient (Wildman–Crippen LogP) is 4.49. The summed E-state index contributed by atoms with van der Waals surface area (Å²) >= 11 is 0. The second kappa shape index (κ2) is 9.89. The van der Waals surface area contributed by atoms with Gasteiger partial charge in [-0.3, -0.25) is 4.79 Å². The number of rotatable bonds is 7. The summed E-state index contributed by atoms with van der Waals surface area (Å²) in [7, 11) is 0. The average molecular weight is 400 g/mol. The number of anilines is 1. The normalized spacial score (nSPS) is 11.1. The highest BCUT2D eigenvalue weighted by Crippen LogP contribution is 2.27. The summed E-state index contributed by atoms with van der Waals surface area (Å²) in [5.74, 6) is -0.694. The number of ether oxygens (including phenoxy) is 2. The maximum Gasteiger partial charge on any atom is 0.339 e. The molecule has 0 aromatic heterocycles. The van der Waals surface area contributed by atoms with Gasteiger partial charge in [-0.1, -0.05) is 48.5 Å². The number of nitriles is 1. The van der Waals surface area contributed by atoms with Crippen molar-refractivity contribution in [3.8, 4) is 11.8 Å².